The minimum absolute atomic E-state index is 0.00766. The second-order valence-corrected chi connectivity index (χ2v) is 4.79. The SMILES string of the molecule is CCN(CCCBr)C(=O)c1ccc(O)c(Cl)c1. The van der Waals surface area contributed by atoms with Crippen molar-refractivity contribution in [2.45, 2.75) is 13.3 Å². The van der Waals surface area contributed by atoms with Crippen LogP contribution >= 0.6 is 27.5 Å². The normalized spacial score (nSPS) is 10.3. The third kappa shape index (κ3) is 3.89. The number of carbonyl (C=O) groups is 1. The van der Waals surface area contributed by atoms with Crippen LogP contribution in [0.2, 0.25) is 5.02 Å². The van der Waals surface area contributed by atoms with E-state index in [4.69, 9.17) is 11.6 Å². The van der Waals surface area contributed by atoms with Crippen LogP contribution in [0.25, 0.3) is 0 Å². The van der Waals surface area contributed by atoms with E-state index >= 15 is 0 Å². The van der Waals surface area contributed by atoms with E-state index in [1.807, 2.05) is 6.92 Å². The summed E-state index contributed by atoms with van der Waals surface area (Å²) in [5, 5.41) is 10.4. The van der Waals surface area contributed by atoms with Gasteiger partial charge >= 0.3 is 0 Å². The van der Waals surface area contributed by atoms with Gasteiger partial charge in [-0.25, -0.2) is 0 Å². The molecule has 0 radical (unpaired) electrons. The first-order valence-corrected chi connectivity index (χ1v) is 6.93. The van der Waals surface area contributed by atoms with Crippen molar-refractivity contribution in [1.29, 1.82) is 0 Å². The highest BCUT2D eigenvalue weighted by Crippen LogP contribution is 2.24. The van der Waals surface area contributed by atoms with Gasteiger partial charge in [0.25, 0.3) is 5.91 Å². The lowest BCUT2D eigenvalue weighted by molar-refractivity contribution is 0.0765. The fraction of sp³-hybridized carbons (Fsp3) is 0.417. The van der Waals surface area contributed by atoms with E-state index in [9.17, 15) is 9.90 Å². The molecule has 0 aliphatic heterocycles. The molecule has 1 N–H and O–H groups in total. The number of aromatic hydroxyl groups is 1. The topological polar surface area (TPSA) is 40.5 Å². The summed E-state index contributed by atoms with van der Waals surface area (Å²) in [5.74, 6) is -0.0675. The van der Waals surface area contributed by atoms with Gasteiger partial charge in [-0.2, -0.15) is 0 Å². The molecule has 0 spiro atoms. The molecule has 0 heterocycles. The summed E-state index contributed by atoms with van der Waals surface area (Å²) in [4.78, 5) is 13.9. The fourth-order valence-corrected chi connectivity index (χ4v) is 1.91. The molecule has 0 aromatic heterocycles. The molecule has 0 atom stereocenters. The van der Waals surface area contributed by atoms with Gasteiger partial charge in [-0.15, -0.1) is 0 Å². The van der Waals surface area contributed by atoms with Crippen molar-refractivity contribution >= 4 is 33.4 Å². The van der Waals surface area contributed by atoms with Crippen LogP contribution in [0, 0.1) is 0 Å². The standard InChI is InChI=1S/C12H15BrClNO2/c1-2-15(7-3-6-13)12(17)9-4-5-11(16)10(14)8-9/h4-5,8,16H,2-3,6-7H2,1H3. The summed E-state index contributed by atoms with van der Waals surface area (Å²) in [6.45, 7) is 3.30. The maximum Gasteiger partial charge on any atom is 0.253 e. The van der Waals surface area contributed by atoms with Crippen LogP contribution in [0.3, 0.4) is 0 Å². The van der Waals surface area contributed by atoms with Crippen LogP contribution in [0.1, 0.15) is 23.7 Å². The van der Waals surface area contributed by atoms with Crippen molar-refractivity contribution in [3.05, 3.63) is 28.8 Å². The van der Waals surface area contributed by atoms with Gasteiger partial charge in [-0.3, -0.25) is 4.79 Å². The molecule has 5 heteroatoms. The molecule has 0 saturated heterocycles. The number of benzene rings is 1. The molecule has 0 aliphatic carbocycles. The fourth-order valence-electron chi connectivity index (χ4n) is 1.48. The summed E-state index contributed by atoms with van der Waals surface area (Å²) in [6.07, 6.45) is 0.908. The molecular weight excluding hydrogens is 305 g/mol. The molecule has 94 valence electrons. The first-order valence-electron chi connectivity index (χ1n) is 5.44. The molecule has 0 saturated carbocycles. The van der Waals surface area contributed by atoms with Crippen LogP contribution in [-0.4, -0.2) is 34.3 Å². The van der Waals surface area contributed by atoms with E-state index < -0.39 is 0 Å². The molecule has 1 aromatic carbocycles. The highest BCUT2D eigenvalue weighted by atomic mass is 79.9. The Morgan fingerprint density at radius 1 is 1.53 bits per heavy atom. The zero-order chi connectivity index (χ0) is 12.8. The van der Waals surface area contributed by atoms with E-state index in [0.717, 1.165) is 11.8 Å². The minimum Gasteiger partial charge on any atom is -0.506 e. The van der Waals surface area contributed by atoms with Crippen molar-refractivity contribution in [3.8, 4) is 5.75 Å². The highest BCUT2D eigenvalue weighted by Gasteiger charge is 2.14. The molecule has 1 rings (SSSR count). The Bertz CT molecular complexity index is 398. The predicted octanol–water partition coefficient (Wildman–Crippen LogP) is 3.29. The first-order chi connectivity index (χ1) is 8.10. The van der Waals surface area contributed by atoms with Crippen molar-refractivity contribution in [1.82, 2.24) is 4.90 Å². The summed E-state index contributed by atoms with van der Waals surface area (Å²) < 4.78 is 0. The number of halogens is 2. The molecule has 1 aromatic rings. The molecule has 0 unspecified atom stereocenters. The molecule has 0 aliphatic rings. The Morgan fingerprint density at radius 2 is 2.24 bits per heavy atom. The van der Waals surface area contributed by atoms with Crippen LogP contribution in [0.5, 0.6) is 5.75 Å². The lowest BCUT2D eigenvalue weighted by Crippen LogP contribution is -2.31. The monoisotopic (exact) mass is 319 g/mol. The quantitative estimate of drug-likeness (QED) is 0.846. The predicted molar refractivity (Wildman–Crippen MR) is 73.1 cm³/mol. The number of hydrogen-bond acceptors (Lipinski definition) is 2. The number of hydrogen-bond donors (Lipinski definition) is 1. The van der Waals surface area contributed by atoms with Gasteiger partial charge in [0.2, 0.25) is 0 Å². The number of carbonyl (C=O) groups excluding carboxylic acids is 1. The van der Waals surface area contributed by atoms with E-state index in [1.54, 1.807) is 11.0 Å². The molecule has 3 nitrogen and oxygen atoms in total. The number of phenols is 1. The second-order valence-electron chi connectivity index (χ2n) is 3.59. The van der Waals surface area contributed by atoms with Crippen LogP contribution in [0.15, 0.2) is 18.2 Å². The number of phenolic OH excluding ortho intramolecular Hbond substituents is 1. The molecule has 0 fully saturated rings. The molecular formula is C12H15BrClNO2. The minimum atomic E-state index is -0.0599. The van der Waals surface area contributed by atoms with Gasteiger partial charge in [0, 0.05) is 24.0 Å². The molecule has 17 heavy (non-hydrogen) atoms. The Kier molecular flexibility index (Phi) is 5.78. The lowest BCUT2D eigenvalue weighted by Gasteiger charge is -2.20. The smallest absolute Gasteiger partial charge is 0.253 e. The number of alkyl halides is 1. The summed E-state index contributed by atoms with van der Waals surface area (Å²) >= 11 is 9.12. The van der Waals surface area contributed by atoms with E-state index in [-0.39, 0.29) is 16.7 Å². The van der Waals surface area contributed by atoms with Crippen molar-refractivity contribution in [3.63, 3.8) is 0 Å². The first kappa shape index (κ1) is 14.3. The third-order valence-corrected chi connectivity index (χ3v) is 3.29. The zero-order valence-electron chi connectivity index (χ0n) is 9.62. The maximum atomic E-state index is 12.1. The van der Waals surface area contributed by atoms with Crippen molar-refractivity contribution in [2.24, 2.45) is 0 Å². The Labute approximate surface area is 115 Å². The number of amides is 1. The maximum absolute atomic E-state index is 12.1. The van der Waals surface area contributed by atoms with Crippen molar-refractivity contribution in [2.75, 3.05) is 18.4 Å². The third-order valence-electron chi connectivity index (χ3n) is 2.43. The number of nitrogens with zero attached hydrogens (tertiary/aromatic N) is 1. The average molecular weight is 321 g/mol. The Morgan fingerprint density at radius 3 is 2.76 bits per heavy atom. The van der Waals surface area contributed by atoms with Crippen LogP contribution in [0.4, 0.5) is 0 Å². The van der Waals surface area contributed by atoms with E-state index in [1.165, 1.54) is 12.1 Å². The van der Waals surface area contributed by atoms with Crippen LogP contribution < -0.4 is 0 Å². The zero-order valence-corrected chi connectivity index (χ0v) is 12.0. The molecule has 1 amide bonds. The van der Waals surface area contributed by atoms with Gasteiger partial charge < -0.3 is 10.0 Å². The highest BCUT2D eigenvalue weighted by molar-refractivity contribution is 9.09. The van der Waals surface area contributed by atoms with Gasteiger partial charge in [0.1, 0.15) is 5.75 Å². The molecule has 0 bridgehead atoms. The lowest BCUT2D eigenvalue weighted by atomic mass is 10.2. The van der Waals surface area contributed by atoms with Gasteiger partial charge in [-0.05, 0) is 31.5 Å². The van der Waals surface area contributed by atoms with Gasteiger partial charge in [-0.1, -0.05) is 27.5 Å². The van der Waals surface area contributed by atoms with E-state index in [0.29, 0.717) is 18.7 Å². The van der Waals surface area contributed by atoms with Crippen LogP contribution in [-0.2, 0) is 0 Å². The van der Waals surface area contributed by atoms with Gasteiger partial charge in [0.15, 0.2) is 0 Å². The Hall–Kier alpha value is -0.740. The Balaban J connectivity index is 2.82. The summed E-state index contributed by atoms with van der Waals surface area (Å²) in [6, 6.07) is 4.52. The van der Waals surface area contributed by atoms with Crippen molar-refractivity contribution < 1.29 is 9.90 Å². The second kappa shape index (κ2) is 6.87. The van der Waals surface area contributed by atoms with Gasteiger partial charge in [0.05, 0.1) is 5.02 Å². The largest absolute Gasteiger partial charge is 0.506 e. The summed E-state index contributed by atoms with van der Waals surface area (Å²) in [7, 11) is 0. The summed E-state index contributed by atoms with van der Waals surface area (Å²) in [5.41, 5.74) is 0.504. The average Bonchev–Trinajstić information content (AvgIpc) is 2.33. The number of rotatable bonds is 5. The van der Waals surface area contributed by atoms with E-state index in [2.05, 4.69) is 15.9 Å².